The van der Waals surface area contributed by atoms with Crippen LogP contribution in [0, 0.1) is 0 Å². The zero-order valence-corrected chi connectivity index (χ0v) is 9.25. The Bertz CT molecular complexity index is 652. The molecule has 17 heavy (non-hydrogen) atoms. The van der Waals surface area contributed by atoms with E-state index in [-0.39, 0.29) is 0 Å². The minimum absolute atomic E-state index is 0.534. The summed E-state index contributed by atoms with van der Waals surface area (Å²) in [5.74, 6) is 1.16. The molecule has 7 nitrogen and oxygen atoms in total. The van der Waals surface area contributed by atoms with Crippen LogP contribution in [0.1, 0.15) is 12.6 Å². The van der Waals surface area contributed by atoms with Crippen LogP contribution >= 0.6 is 0 Å². The lowest BCUT2D eigenvalue weighted by atomic mass is 10.2. The second-order valence-electron chi connectivity index (χ2n) is 3.61. The predicted molar refractivity (Wildman–Crippen MR) is 62.6 cm³/mol. The van der Waals surface area contributed by atoms with Crippen molar-refractivity contribution in [2.75, 3.05) is 5.73 Å². The summed E-state index contributed by atoms with van der Waals surface area (Å²) < 4.78 is 1.65. The summed E-state index contributed by atoms with van der Waals surface area (Å²) >= 11 is 0. The Balaban J connectivity index is 2.31. The topological polar surface area (TPSA) is 98.3 Å². The molecule has 3 N–H and O–H groups in total. The molecule has 0 radical (unpaired) electrons. The van der Waals surface area contributed by atoms with Crippen molar-refractivity contribution >= 4 is 16.9 Å². The lowest BCUT2D eigenvalue weighted by molar-refractivity contribution is 0.814. The van der Waals surface area contributed by atoms with E-state index in [1.165, 1.54) is 0 Å². The van der Waals surface area contributed by atoms with Crippen LogP contribution in [0.3, 0.4) is 0 Å². The molecule has 3 aromatic heterocycles. The van der Waals surface area contributed by atoms with Crippen LogP contribution in [-0.4, -0.2) is 29.9 Å². The van der Waals surface area contributed by atoms with E-state index in [0.29, 0.717) is 17.3 Å². The van der Waals surface area contributed by atoms with Gasteiger partial charge in [-0.15, -0.1) is 0 Å². The first-order valence-corrected chi connectivity index (χ1v) is 5.29. The molecule has 0 saturated heterocycles. The standard InChI is InChI=1S/C10H11N7/c1-2-6-8-9(11)14-15-10(8)17(16-6)7-5-12-3-4-13-7/h3-5H,2H2,1H3,(H3,11,14,15). The fourth-order valence-corrected chi connectivity index (χ4v) is 1.81. The van der Waals surface area contributed by atoms with Gasteiger partial charge in [-0.3, -0.25) is 10.1 Å². The molecule has 0 aliphatic carbocycles. The van der Waals surface area contributed by atoms with Crippen molar-refractivity contribution in [3.63, 3.8) is 0 Å². The molecule has 0 aliphatic heterocycles. The molecule has 3 heterocycles. The molecule has 86 valence electrons. The number of hydrogen-bond donors (Lipinski definition) is 2. The highest BCUT2D eigenvalue weighted by Crippen LogP contribution is 2.24. The molecule has 7 heteroatoms. The maximum Gasteiger partial charge on any atom is 0.188 e. The fraction of sp³-hybridized carbons (Fsp3) is 0.200. The number of nitrogens with zero attached hydrogens (tertiary/aromatic N) is 5. The number of aryl methyl sites for hydroxylation is 1. The molecular weight excluding hydrogens is 218 g/mol. The number of fused-ring (bicyclic) bond motifs is 1. The van der Waals surface area contributed by atoms with Gasteiger partial charge in [0.2, 0.25) is 0 Å². The summed E-state index contributed by atoms with van der Waals surface area (Å²) in [6, 6.07) is 0. The van der Waals surface area contributed by atoms with E-state index in [4.69, 9.17) is 5.73 Å². The number of rotatable bonds is 2. The largest absolute Gasteiger partial charge is 0.383 e. The van der Waals surface area contributed by atoms with Gasteiger partial charge in [-0.2, -0.15) is 14.9 Å². The normalized spacial score (nSPS) is 11.1. The van der Waals surface area contributed by atoms with E-state index < -0.39 is 0 Å². The Hall–Kier alpha value is -2.44. The molecule has 3 rings (SSSR count). The molecule has 0 aromatic carbocycles. The van der Waals surface area contributed by atoms with Gasteiger partial charge in [0.25, 0.3) is 0 Å². The van der Waals surface area contributed by atoms with Gasteiger partial charge < -0.3 is 5.73 Å². The van der Waals surface area contributed by atoms with Crippen molar-refractivity contribution in [3.8, 4) is 5.82 Å². The second-order valence-corrected chi connectivity index (χ2v) is 3.61. The Kier molecular flexibility index (Phi) is 2.04. The average molecular weight is 229 g/mol. The minimum atomic E-state index is 0.534. The van der Waals surface area contributed by atoms with E-state index in [2.05, 4.69) is 25.3 Å². The van der Waals surface area contributed by atoms with Crippen LogP contribution in [0.5, 0.6) is 0 Å². The van der Waals surface area contributed by atoms with Crippen LogP contribution in [0.15, 0.2) is 18.6 Å². The van der Waals surface area contributed by atoms with E-state index in [1.54, 1.807) is 23.3 Å². The van der Waals surface area contributed by atoms with Gasteiger partial charge in [0, 0.05) is 12.4 Å². The molecule has 0 saturated carbocycles. The fourth-order valence-electron chi connectivity index (χ4n) is 1.81. The number of nitrogen functional groups attached to an aromatic ring is 1. The number of hydrogen-bond acceptors (Lipinski definition) is 5. The number of nitrogens with one attached hydrogen (secondary N) is 1. The van der Waals surface area contributed by atoms with Crippen LogP contribution < -0.4 is 5.73 Å². The molecule has 0 unspecified atom stereocenters. The second kappa shape index (κ2) is 3.55. The van der Waals surface area contributed by atoms with Gasteiger partial charge in [-0.05, 0) is 6.42 Å². The van der Waals surface area contributed by atoms with Gasteiger partial charge in [-0.1, -0.05) is 6.92 Å². The zero-order chi connectivity index (χ0) is 11.8. The highest BCUT2D eigenvalue weighted by atomic mass is 15.4. The van der Waals surface area contributed by atoms with Crippen LogP contribution in [0.25, 0.3) is 16.9 Å². The number of anilines is 1. The van der Waals surface area contributed by atoms with Crippen molar-refractivity contribution in [1.82, 2.24) is 29.9 Å². The molecule has 3 aromatic rings. The highest BCUT2D eigenvalue weighted by molar-refractivity contribution is 5.89. The lowest BCUT2D eigenvalue weighted by Crippen LogP contribution is -2.01. The van der Waals surface area contributed by atoms with Crippen molar-refractivity contribution in [2.24, 2.45) is 0 Å². The number of aromatic nitrogens is 6. The third-order valence-corrected chi connectivity index (χ3v) is 2.59. The minimum Gasteiger partial charge on any atom is -0.383 e. The smallest absolute Gasteiger partial charge is 0.188 e. The summed E-state index contributed by atoms with van der Waals surface area (Å²) in [6.45, 7) is 2.02. The molecule has 0 amide bonds. The maximum absolute atomic E-state index is 5.84. The van der Waals surface area contributed by atoms with Gasteiger partial charge in [0.1, 0.15) is 5.82 Å². The molecule has 0 fully saturated rings. The molecule has 0 aliphatic rings. The van der Waals surface area contributed by atoms with Crippen LogP contribution in [0.2, 0.25) is 0 Å². The third kappa shape index (κ3) is 1.36. The molecule has 0 bridgehead atoms. The maximum atomic E-state index is 5.84. The first kappa shape index (κ1) is 9.76. The van der Waals surface area contributed by atoms with Gasteiger partial charge in [0.15, 0.2) is 11.5 Å². The summed E-state index contributed by atoms with van der Waals surface area (Å²) in [6.07, 6.45) is 5.65. The van der Waals surface area contributed by atoms with Crippen molar-refractivity contribution < 1.29 is 0 Å². The Labute approximate surface area is 96.7 Å². The average Bonchev–Trinajstić information content (AvgIpc) is 2.92. The third-order valence-electron chi connectivity index (χ3n) is 2.59. The zero-order valence-electron chi connectivity index (χ0n) is 9.25. The van der Waals surface area contributed by atoms with Crippen molar-refractivity contribution in [3.05, 3.63) is 24.3 Å². The first-order valence-electron chi connectivity index (χ1n) is 5.29. The predicted octanol–water partition coefficient (Wildman–Crippen LogP) is 0.683. The number of nitrogens with two attached hydrogens (primary N) is 1. The van der Waals surface area contributed by atoms with E-state index in [0.717, 1.165) is 17.5 Å². The number of H-pyrrole nitrogens is 1. The van der Waals surface area contributed by atoms with E-state index >= 15 is 0 Å². The quantitative estimate of drug-likeness (QED) is 0.673. The van der Waals surface area contributed by atoms with Gasteiger partial charge in [-0.25, -0.2) is 4.98 Å². The molecular formula is C10H11N7. The summed E-state index contributed by atoms with van der Waals surface area (Å²) in [7, 11) is 0. The lowest BCUT2D eigenvalue weighted by Gasteiger charge is -1.97. The van der Waals surface area contributed by atoms with Crippen molar-refractivity contribution in [2.45, 2.75) is 13.3 Å². The van der Waals surface area contributed by atoms with E-state index in [9.17, 15) is 0 Å². The van der Waals surface area contributed by atoms with E-state index in [1.807, 2.05) is 6.92 Å². The van der Waals surface area contributed by atoms with Gasteiger partial charge in [0.05, 0.1) is 17.3 Å². The summed E-state index contributed by atoms with van der Waals surface area (Å²) in [5.41, 5.74) is 7.42. The summed E-state index contributed by atoms with van der Waals surface area (Å²) in [4.78, 5) is 8.22. The van der Waals surface area contributed by atoms with Crippen LogP contribution in [0.4, 0.5) is 5.82 Å². The Morgan fingerprint density at radius 3 is 3.00 bits per heavy atom. The highest BCUT2D eigenvalue weighted by Gasteiger charge is 2.16. The van der Waals surface area contributed by atoms with Crippen LogP contribution in [-0.2, 0) is 6.42 Å². The van der Waals surface area contributed by atoms with Gasteiger partial charge >= 0.3 is 0 Å². The Morgan fingerprint density at radius 2 is 2.29 bits per heavy atom. The molecule has 0 atom stereocenters. The summed E-state index contributed by atoms with van der Waals surface area (Å²) in [5, 5.41) is 12.2. The molecule has 0 spiro atoms. The first-order chi connectivity index (χ1) is 8.31. The van der Waals surface area contributed by atoms with Crippen molar-refractivity contribution in [1.29, 1.82) is 0 Å². The number of aromatic amines is 1. The Morgan fingerprint density at radius 1 is 1.41 bits per heavy atom. The monoisotopic (exact) mass is 229 g/mol. The SMILES string of the molecule is CCc1nn(-c2cnccn2)c2n[nH]c(N)c12.